The molecule has 0 aliphatic heterocycles. The molecule has 1 aromatic heterocycles. The van der Waals surface area contributed by atoms with Crippen LogP contribution in [0.4, 0.5) is 0 Å². The minimum atomic E-state index is 0.332. The summed E-state index contributed by atoms with van der Waals surface area (Å²) in [5, 5.41) is 7.78. The number of carbonyl (C=O) groups excluding carboxylic acids is 1. The summed E-state index contributed by atoms with van der Waals surface area (Å²) >= 11 is 3.46. The van der Waals surface area contributed by atoms with Crippen LogP contribution in [0.2, 0.25) is 0 Å². The van der Waals surface area contributed by atoms with Gasteiger partial charge >= 0.3 is 0 Å². The molecule has 5 heteroatoms. The standard InChI is InChI=1S/C12H10BrN3O/c1-2-7-16-12(11(8-17)14-15-16)9-5-3-4-6-10(9)13/h2-6,8H,1,7H2. The Morgan fingerprint density at radius 1 is 1.41 bits per heavy atom. The quantitative estimate of drug-likeness (QED) is 0.643. The van der Waals surface area contributed by atoms with Crippen molar-refractivity contribution in [1.29, 1.82) is 0 Å². The summed E-state index contributed by atoms with van der Waals surface area (Å²) in [5.74, 6) is 0. The largest absolute Gasteiger partial charge is 0.296 e. The van der Waals surface area contributed by atoms with Crippen molar-refractivity contribution in [2.45, 2.75) is 6.54 Å². The molecule has 0 saturated carbocycles. The Hall–Kier alpha value is -1.75. The van der Waals surface area contributed by atoms with Crippen LogP contribution in [0, 0.1) is 0 Å². The maximum atomic E-state index is 11.0. The van der Waals surface area contributed by atoms with Gasteiger partial charge in [-0.1, -0.05) is 45.4 Å². The molecule has 0 unspecified atom stereocenters. The molecule has 0 N–H and O–H groups in total. The van der Waals surface area contributed by atoms with Crippen molar-refractivity contribution >= 4 is 22.2 Å². The summed E-state index contributed by atoms with van der Waals surface area (Å²) in [5.41, 5.74) is 1.92. The third-order valence-electron chi connectivity index (χ3n) is 2.30. The second-order valence-electron chi connectivity index (χ2n) is 3.39. The smallest absolute Gasteiger partial charge is 0.172 e. The summed E-state index contributed by atoms with van der Waals surface area (Å²) in [6.07, 6.45) is 2.42. The number of carbonyl (C=O) groups is 1. The third-order valence-corrected chi connectivity index (χ3v) is 3.00. The van der Waals surface area contributed by atoms with Crippen LogP contribution in [0.15, 0.2) is 41.4 Å². The number of hydrogen-bond donors (Lipinski definition) is 0. The number of hydrogen-bond acceptors (Lipinski definition) is 3. The van der Waals surface area contributed by atoms with Crippen LogP contribution >= 0.6 is 15.9 Å². The van der Waals surface area contributed by atoms with E-state index in [9.17, 15) is 4.79 Å². The van der Waals surface area contributed by atoms with Gasteiger partial charge in [0.15, 0.2) is 12.0 Å². The number of halogens is 1. The third kappa shape index (κ3) is 2.19. The van der Waals surface area contributed by atoms with Gasteiger partial charge in [0.1, 0.15) is 5.69 Å². The highest BCUT2D eigenvalue weighted by molar-refractivity contribution is 9.10. The van der Waals surface area contributed by atoms with Gasteiger partial charge in [-0.15, -0.1) is 11.7 Å². The molecule has 4 nitrogen and oxygen atoms in total. The molecule has 86 valence electrons. The van der Waals surface area contributed by atoms with Crippen LogP contribution in [-0.4, -0.2) is 21.3 Å². The Labute approximate surface area is 107 Å². The fourth-order valence-electron chi connectivity index (χ4n) is 1.59. The lowest BCUT2D eigenvalue weighted by atomic mass is 10.1. The molecule has 0 radical (unpaired) electrons. The van der Waals surface area contributed by atoms with Gasteiger partial charge in [0.05, 0.1) is 6.54 Å². The first-order chi connectivity index (χ1) is 8.27. The highest BCUT2D eigenvalue weighted by atomic mass is 79.9. The molecule has 17 heavy (non-hydrogen) atoms. The van der Waals surface area contributed by atoms with Crippen molar-refractivity contribution < 1.29 is 4.79 Å². The second kappa shape index (κ2) is 5.05. The molecule has 0 atom stereocenters. The van der Waals surface area contributed by atoms with Gasteiger partial charge < -0.3 is 0 Å². The summed E-state index contributed by atoms with van der Waals surface area (Å²) in [6, 6.07) is 7.64. The van der Waals surface area contributed by atoms with Gasteiger partial charge in [-0.2, -0.15) is 0 Å². The zero-order valence-corrected chi connectivity index (χ0v) is 10.6. The minimum Gasteiger partial charge on any atom is -0.296 e. The van der Waals surface area contributed by atoms with E-state index in [0.717, 1.165) is 10.0 Å². The number of rotatable bonds is 4. The van der Waals surface area contributed by atoms with Crippen molar-refractivity contribution in [1.82, 2.24) is 15.0 Å². The number of benzene rings is 1. The second-order valence-corrected chi connectivity index (χ2v) is 4.25. The summed E-state index contributed by atoms with van der Waals surface area (Å²) in [7, 11) is 0. The highest BCUT2D eigenvalue weighted by Crippen LogP contribution is 2.29. The van der Waals surface area contributed by atoms with E-state index < -0.39 is 0 Å². The lowest BCUT2D eigenvalue weighted by Gasteiger charge is -2.06. The Morgan fingerprint density at radius 2 is 2.18 bits per heavy atom. The molecular formula is C12H10BrN3O. The number of nitrogens with zero attached hydrogens (tertiary/aromatic N) is 3. The number of allylic oxidation sites excluding steroid dienone is 1. The van der Waals surface area contributed by atoms with Crippen molar-refractivity contribution in [2.75, 3.05) is 0 Å². The average molecular weight is 292 g/mol. The molecule has 0 spiro atoms. The van der Waals surface area contributed by atoms with Gasteiger partial charge in [0.25, 0.3) is 0 Å². The van der Waals surface area contributed by atoms with Gasteiger partial charge in [-0.25, -0.2) is 4.68 Å². The summed E-state index contributed by atoms with van der Waals surface area (Å²) in [6.45, 7) is 4.17. The van der Waals surface area contributed by atoms with Crippen molar-refractivity contribution in [3.05, 3.63) is 47.1 Å². The Balaban J connectivity index is 2.64. The maximum absolute atomic E-state index is 11.0. The van der Waals surface area contributed by atoms with Gasteiger partial charge in [-0.3, -0.25) is 4.79 Å². The molecule has 2 aromatic rings. The fraction of sp³-hybridized carbons (Fsp3) is 0.0833. The summed E-state index contributed by atoms with van der Waals surface area (Å²) in [4.78, 5) is 11.0. The predicted molar refractivity (Wildman–Crippen MR) is 68.7 cm³/mol. The highest BCUT2D eigenvalue weighted by Gasteiger charge is 2.15. The van der Waals surface area contributed by atoms with Crippen LogP contribution < -0.4 is 0 Å². The van der Waals surface area contributed by atoms with E-state index >= 15 is 0 Å². The fourth-order valence-corrected chi connectivity index (χ4v) is 2.06. The van der Waals surface area contributed by atoms with Crippen molar-refractivity contribution in [3.63, 3.8) is 0 Å². The molecule has 0 saturated heterocycles. The first-order valence-corrected chi connectivity index (χ1v) is 5.81. The van der Waals surface area contributed by atoms with Crippen molar-refractivity contribution in [3.8, 4) is 11.3 Å². The predicted octanol–water partition coefficient (Wildman–Crippen LogP) is 2.71. The monoisotopic (exact) mass is 291 g/mol. The van der Waals surface area contributed by atoms with E-state index in [0.29, 0.717) is 24.2 Å². The number of aromatic nitrogens is 3. The van der Waals surface area contributed by atoms with Crippen LogP contribution in [0.5, 0.6) is 0 Å². The normalized spacial score (nSPS) is 10.2. The molecule has 1 heterocycles. The van der Waals surface area contributed by atoms with E-state index in [1.807, 2.05) is 24.3 Å². The maximum Gasteiger partial charge on any atom is 0.172 e. The van der Waals surface area contributed by atoms with Crippen LogP contribution in [0.25, 0.3) is 11.3 Å². The molecule has 0 aliphatic carbocycles. The Morgan fingerprint density at radius 3 is 2.82 bits per heavy atom. The van der Waals surface area contributed by atoms with Crippen LogP contribution in [0.3, 0.4) is 0 Å². The lowest BCUT2D eigenvalue weighted by Crippen LogP contribution is -2.01. The average Bonchev–Trinajstić information content (AvgIpc) is 2.73. The Bertz CT molecular complexity index is 563. The molecular weight excluding hydrogens is 282 g/mol. The van der Waals surface area contributed by atoms with Gasteiger partial charge in [0, 0.05) is 10.0 Å². The zero-order chi connectivity index (χ0) is 12.3. The minimum absolute atomic E-state index is 0.332. The van der Waals surface area contributed by atoms with Gasteiger partial charge in [0.2, 0.25) is 0 Å². The van der Waals surface area contributed by atoms with Crippen LogP contribution in [-0.2, 0) is 6.54 Å². The molecule has 1 aromatic carbocycles. The molecule has 0 bridgehead atoms. The number of aldehydes is 1. The van der Waals surface area contributed by atoms with Crippen molar-refractivity contribution in [2.24, 2.45) is 0 Å². The lowest BCUT2D eigenvalue weighted by molar-refractivity contribution is 0.111. The molecule has 0 amide bonds. The first-order valence-electron chi connectivity index (χ1n) is 5.02. The Kier molecular flexibility index (Phi) is 3.49. The molecule has 2 rings (SSSR count). The molecule has 0 fully saturated rings. The van der Waals surface area contributed by atoms with E-state index in [1.165, 1.54) is 0 Å². The topological polar surface area (TPSA) is 47.8 Å². The molecule has 0 aliphatic rings. The van der Waals surface area contributed by atoms with E-state index in [-0.39, 0.29) is 0 Å². The van der Waals surface area contributed by atoms with E-state index in [2.05, 4.69) is 32.8 Å². The summed E-state index contributed by atoms with van der Waals surface area (Å²) < 4.78 is 2.55. The van der Waals surface area contributed by atoms with E-state index in [1.54, 1.807) is 10.8 Å². The first kappa shape index (κ1) is 11.7. The van der Waals surface area contributed by atoms with E-state index in [4.69, 9.17) is 0 Å². The zero-order valence-electron chi connectivity index (χ0n) is 9.01. The van der Waals surface area contributed by atoms with Gasteiger partial charge in [-0.05, 0) is 6.07 Å². The SMILES string of the molecule is C=CCn1nnc(C=O)c1-c1ccccc1Br. The van der Waals surface area contributed by atoms with Crippen LogP contribution in [0.1, 0.15) is 10.5 Å².